The average Bonchev–Trinajstić information content (AvgIpc) is 2.56. The third-order valence-corrected chi connectivity index (χ3v) is 3.45. The third kappa shape index (κ3) is 4.42. The maximum Gasteiger partial charge on any atom is 0.292 e. The number of carbonyl (C=O) groups excluding carboxylic acids is 1. The van der Waals surface area contributed by atoms with Gasteiger partial charge in [-0.1, -0.05) is 23.7 Å². The van der Waals surface area contributed by atoms with Crippen molar-refractivity contribution in [3.8, 4) is 5.75 Å². The van der Waals surface area contributed by atoms with Gasteiger partial charge in [-0.3, -0.25) is 25.0 Å². The summed E-state index contributed by atoms with van der Waals surface area (Å²) >= 11 is 5.90. The van der Waals surface area contributed by atoms with E-state index in [1.54, 1.807) is 6.07 Å². The molecule has 2 rings (SSSR count). The van der Waals surface area contributed by atoms with Crippen LogP contribution in [0, 0.1) is 20.2 Å². The summed E-state index contributed by atoms with van der Waals surface area (Å²) in [5, 5.41) is 24.0. The second-order valence-electron chi connectivity index (χ2n) is 4.90. The van der Waals surface area contributed by atoms with Crippen molar-refractivity contribution >= 4 is 34.6 Å². The van der Waals surface area contributed by atoms with Crippen LogP contribution in [0.5, 0.6) is 5.75 Å². The van der Waals surface area contributed by atoms with Crippen molar-refractivity contribution in [3.63, 3.8) is 0 Å². The molecule has 1 N–H and O–H groups in total. The van der Waals surface area contributed by atoms with Gasteiger partial charge in [-0.2, -0.15) is 0 Å². The van der Waals surface area contributed by atoms with Crippen LogP contribution in [-0.2, 0) is 4.79 Å². The van der Waals surface area contributed by atoms with E-state index in [1.807, 2.05) is 0 Å². The van der Waals surface area contributed by atoms with E-state index in [0.29, 0.717) is 0 Å². The van der Waals surface area contributed by atoms with Gasteiger partial charge in [-0.15, -0.1) is 0 Å². The minimum atomic E-state index is -1.04. The van der Waals surface area contributed by atoms with Gasteiger partial charge in [0.1, 0.15) is 11.4 Å². The van der Waals surface area contributed by atoms with Crippen LogP contribution in [0.25, 0.3) is 0 Å². The second-order valence-corrected chi connectivity index (χ2v) is 5.30. The molecular formula is C15H12ClN3O6. The summed E-state index contributed by atoms with van der Waals surface area (Å²) in [6.07, 6.45) is -1.04. The number of nitrogens with one attached hydrogen (secondary N) is 1. The van der Waals surface area contributed by atoms with Crippen LogP contribution in [0.15, 0.2) is 42.5 Å². The molecule has 1 amide bonds. The molecule has 0 aliphatic rings. The lowest BCUT2D eigenvalue weighted by atomic mass is 10.2. The number of anilines is 1. The number of nitro groups is 2. The van der Waals surface area contributed by atoms with Crippen LogP contribution in [0.2, 0.25) is 5.02 Å². The van der Waals surface area contributed by atoms with Gasteiger partial charge in [-0.05, 0) is 19.1 Å². The zero-order valence-corrected chi connectivity index (χ0v) is 13.6. The first-order valence-electron chi connectivity index (χ1n) is 6.94. The summed E-state index contributed by atoms with van der Waals surface area (Å²) in [4.78, 5) is 32.6. The molecule has 0 aliphatic carbocycles. The van der Waals surface area contributed by atoms with E-state index in [4.69, 9.17) is 16.3 Å². The molecule has 0 spiro atoms. The van der Waals surface area contributed by atoms with E-state index in [2.05, 4.69) is 5.32 Å². The summed E-state index contributed by atoms with van der Waals surface area (Å²) in [7, 11) is 0. The first kappa shape index (κ1) is 18.1. The fraction of sp³-hybridized carbons (Fsp3) is 0.133. The molecule has 9 nitrogen and oxygen atoms in total. The number of nitrogens with zero attached hydrogens (tertiary/aromatic N) is 2. The Hall–Kier alpha value is -3.20. The Morgan fingerprint density at radius 2 is 1.84 bits per heavy atom. The van der Waals surface area contributed by atoms with Crippen LogP contribution in [0.1, 0.15) is 6.92 Å². The molecule has 25 heavy (non-hydrogen) atoms. The maximum atomic E-state index is 12.2. The summed E-state index contributed by atoms with van der Waals surface area (Å²) < 4.78 is 5.38. The lowest BCUT2D eigenvalue weighted by molar-refractivity contribution is -0.384. The molecule has 0 saturated heterocycles. The third-order valence-electron chi connectivity index (χ3n) is 3.16. The van der Waals surface area contributed by atoms with Gasteiger partial charge in [0.05, 0.1) is 14.9 Å². The van der Waals surface area contributed by atoms with Crippen LogP contribution >= 0.6 is 11.6 Å². The molecule has 10 heteroatoms. The van der Waals surface area contributed by atoms with E-state index >= 15 is 0 Å². The molecule has 0 unspecified atom stereocenters. The molecule has 0 aliphatic heterocycles. The van der Waals surface area contributed by atoms with E-state index in [0.717, 1.165) is 6.07 Å². The number of para-hydroxylation sites is 2. The predicted molar refractivity (Wildman–Crippen MR) is 89.9 cm³/mol. The number of rotatable bonds is 6. The highest BCUT2D eigenvalue weighted by atomic mass is 35.5. The Bertz CT molecular complexity index is 842. The summed E-state index contributed by atoms with van der Waals surface area (Å²) in [6.45, 7) is 1.42. The van der Waals surface area contributed by atoms with Crippen molar-refractivity contribution in [2.45, 2.75) is 13.0 Å². The number of non-ortho nitro benzene ring substituents is 1. The number of hydrogen-bond donors (Lipinski definition) is 1. The van der Waals surface area contributed by atoms with Gasteiger partial charge in [0.2, 0.25) is 0 Å². The Labute approximate surface area is 146 Å². The van der Waals surface area contributed by atoms with Gasteiger partial charge in [0, 0.05) is 18.2 Å². The minimum Gasteiger partial charge on any atom is -0.479 e. The van der Waals surface area contributed by atoms with E-state index < -0.39 is 21.9 Å². The molecule has 1 atom stereocenters. The fourth-order valence-electron chi connectivity index (χ4n) is 1.92. The molecule has 0 heterocycles. The molecule has 130 valence electrons. The number of nitro benzene ring substituents is 2. The predicted octanol–water partition coefficient (Wildman–Crippen LogP) is 3.56. The SMILES string of the molecule is C[C@@H](Oc1ccc([N+](=O)[O-])cc1Cl)C(=O)Nc1ccccc1[N+](=O)[O-]. The Balaban J connectivity index is 2.11. The zero-order valence-electron chi connectivity index (χ0n) is 12.8. The number of halogens is 1. The number of benzene rings is 2. The Morgan fingerprint density at radius 1 is 1.16 bits per heavy atom. The number of hydrogen-bond acceptors (Lipinski definition) is 6. The fourth-order valence-corrected chi connectivity index (χ4v) is 2.14. The summed E-state index contributed by atoms with van der Waals surface area (Å²) in [5.74, 6) is -0.554. The molecule has 0 radical (unpaired) electrons. The van der Waals surface area contributed by atoms with Crippen molar-refractivity contribution < 1.29 is 19.4 Å². The van der Waals surface area contributed by atoms with E-state index in [1.165, 1.54) is 37.3 Å². The van der Waals surface area contributed by atoms with Gasteiger partial charge in [0.15, 0.2) is 6.10 Å². The summed E-state index contributed by atoms with van der Waals surface area (Å²) in [6, 6.07) is 9.23. The quantitative estimate of drug-likeness (QED) is 0.616. The first-order chi connectivity index (χ1) is 11.8. The zero-order chi connectivity index (χ0) is 18.6. The van der Waals surface area contributed by atoms with Gasteiger partial charge < -0.3 is 10.1 Å². The molecule has 0 saturated carbocycles. The van der Waals surface area contributed by atoms with Crippen LogP contribution in [0.3, 0.4) is 0 Å². The Morgan fingerprint density at radius 3 is 2.44 bits per heavy atom. The number of ether oxygens (including phenoxy) is 1. The largest absolute Gasteiger partial charge is 0.479 e. The smallest absolute Gasteiger partial charge is 0.292 e. The standard InChI is InChI=1S/C15H12ClN3O6/c1-9(25-14-7-6-10(18(21)22)8-11(14)16)15(20)17-12-4-2-3-5-13(12)19(23)24/h2-9H,1H3,(H,17,20)/t9-/m1/s1. The van der Waals surface area contributed by atoms with Crippen molar-refractivity contribution in [2.24, 2.45) is 0 Å². The van der Waals surface area contributed by atoms with Crippen molar-refractivity contribution in [1.29, 1.82) is 0 Å². The topological polar surface area (TPSA) is 125 Å². The van der Waals surface area contributed by atoms with Crippen LogP contribution < -0.4 is 10.1 Å². The van der Waals surface area contributed by atoms with Crippen molar-refractivity contribution in [3.05, 3.63) is 67.7 Å². The van der Waals surface area contributed by atoms with E-state index in [-0.39, 0.29) is 27.8 Å². The monoisotopic (exact) mass is 365 g/mol. The molecular weight excluding hydrogens is 354 g/mol. The van der Waals surface area contributed by atoms with Gasteiger partial charge in [0.25, 0.3) is 17.3 Å². The number of carbonyl (C=O) groups is 1. The normalized spacial score (nSPS) is 11.4. The van der Waals surface area contributed by atoms with Crippen LogP contribution in [0.4, 0.5) is 17.1 Å². The number of amides is 1. The highest BCUT2D eigenvalue weighted by Crippen LogP contribution is 2.30. The first-order valence-corrected chi connectivity index (χ1v) is 7.32. The van der Waals surface area contributed by atoms with Crippen molar-refractivity contribution in [2.75, 3.05) is 5.32 Å². The molecule has 2 aromatic rings. The Kier molecular flexibility index (Phi) is 5.50. The average molecular weight is 366 g/mol. The second kappa shape index (κ2) is 7.58. The van der Waals surface area contributed by atoms with Crippen molar-refractivity contribution in [1.82, 2.24) is 0 Å². The lowest BCUT2D eigenvalue weighted by Crippen LogP contribution is -2.30. The molecule has 0 fully saturated rings. The van der Waals surface area contributed by atoms with E-state index in [9.17, 15) is 25.0 Å². The van der Waals surface area contributed by atoms with Gasteiger partial charge >= 0.3 is 0 Å². The molecule has 2 aromatic carbocycles. The van der Waals surface area contributed by atoms with Crippen LogP contribution in [-0.4, -0.2) is 21.9 Å². The minimum absolute atomic E-state index is 0.0282. The molecule has 0 aromatic heterocycles. The molecule has 0 bridgehead atoms. The lowest BCUT2D eigenvalue weighted by Gasteiger charge is -2.15. The highest BCUT2D eigenvalue weighted by Gasteiger charge is 2.21. The highest BCUT2D eigenvalue weighted by molar-refractivity contribution is 6.32. The summed E-state index contributed by atoms with van der Waals surface area (Å²) in [5.41, 5.74) is -0.437. The maximum absolute atomic E-state index is 12.2. The van der Waals surface area contributed by atoms with Gasteiger partial charge in [-0.25, -0.2) is 0 Å².